The molecule has 1 aliphatic carbocycles. The Balaban J connectivity index is 1.32. The summed E-state index contributed by atoms with van der Waals surface area (Å²) in [5.74, 6) is 0.843. The fraction of sp³-hybridized carbons (Fsp3) is 1.00. The monoisotopic (exact) mass is 268 g/mol. The maximum atomic E-state index is 6.08. The molecule has 108 valence electrons. The summed E-state index contributed by atoms with van der Waals surface area (Å²) in [6.45, 7) is 4.38. The SMILES string of the molecule is CC1CCC2(CO1)OCC(C1CCC3OC3C1)CO2. The molecule has 0 aromatic carbocycles. The van der Waals surface area contributed by atoms with Crippen molar-refractivity contribution in [1.82, 2.24) is 0 Å². The van der Waals surface area contributed by atoms with E-state index in [0.29, 0.717) is 30.8 Å². The van der Waals surface area contributed by atoms with Crippen molar-refractivity contribution in [3.8, 4) is 0 Å². The first-order valence-electron chi connectivity index (χ1n) is 7.79. The largest absolute Gasteiger partial charge is 0.373 e. The van der Waals surface area contributed by atoms with E-state index in [2.05, 4.69) is 6.92 Å². The van der Waals surface area contributed by atoms with Gasteiger partial charge >= 0.3 is 0 Å². The predicted molar refractivity (Wildman–Crippen MR) is 68.8 cm³/mol. The molecule has 1 saturated carbocycles. The molecule has 0 radical (unpaired) electrons. The van der Waals surface area contributed by atoms with E-state index in [-0.39, 0.29) is 0 Å². The highest BCUT2D eigenvalue weighted by Gasteiger charge is 2.48. The van der Waals surface area contributed by atoms with Gasteiger partial charge in [-0.2, -0.15) is 0 Å². The molecule has 4 atom stereocenters. The van der Waals surface area contributed by atoms with Gasteiger partial charge in [0.05, 0.1) is 31.5 Å². The third-order valence-corrected chi connectivity index (χ3v) is 5.35. The van der Waals surface area contributed by atoms with E-state index in [1.165, 1.54) is 19.3 Å². The van der Waals surface area contributed by atoms with Gasteiger partial charge in [0.25, 0.3) is 0 Å². The van der Waals surface area contributed by atoms with E-state index in [0.717, 1.165) is 32.0 Å². The molecular weight excluding hydrogens is 244 g/mol. The molecule has 4 unspecified atom stereocenters. The highest BCUT2D eigenvalue weighted by atomic mass is 16.7. The Morgan fingerprint density at radius 3 is 2.47 bits per heavy atom. The number of epoxide rings is 1. The van der Waals surface area contributed by atoms with E-state index >= 15 is 0 Å². The van der Waals surface area contributed by atoms with Crippen LogP contribution in [-0.2, 0) is 18.9 Å². The normalized spacial score (nSPS) is 53.8. The van der Waals surface area contributed by atoms with Crippen molar-refractivity contribution in [3.05, 3.63) is 0 Å². The van der Waals surface area contributed by atoms with Gasteiger partial charge in [-0.15, -0.1) is 0 Å². The van der Waals surface area contributed by atoms with Gasteiger partial charge in [-0.1, -0.05) is 0 Å². The Bertz CT molecular complexity index is 327. The fourth-order valence-corrected chi connectivity index (χ4v) is 3.82. The maximum absolute atomic E-state index is 6.08. The fourth-order valence-electron chi connectivity index (χ4n) is 3.82. The summed E-state index contributed by atoms with van der Waals surface area (Å²) in [6.07, 6.45) is 7.21. The van der Waals surface area contributed by atoms with Crippen molar-refractivity contribution in [2.24, 2.45) is 11.8 Å². The molecule has 4 nitrogen and oxygen atoms in total. The first-order valence-corrected chi connectivity index (χ1v) is 7.79. The summed E-state index contributed by atoms with van der Waals surface area (Å²) in [7, 11) is 0. The predicted octanol–water partition coefficient (Wildman–Crippen LogP) is 2.11. The Hall–Kier alpha value is -0.160. The minimum absolute atomic E-state index is 0.345. The van der Waals surface area contributed by atoms with Gasteiger partial charge in [0.15, 0.2) is 5.79 Å². The first-order chi connectivity index (χ1) is 9.24. The molecular formula is C15H24O4. The second-order valence-electron chi connectivity index (χ2n) is 6.74. The first kappa shape index (κ1) is 12.6. The van der Waals surface area contributed by atoms with Crippen LogP contribution < -0.4 is 0 Å². The second-order valence-corrected chi connectivity index (χ2v) is 6.74. The van der Waals surface area contributed by atoms with Crippen LogP contribution in [0.5, 0.6) is 0 Å². The van der Waals surface area contributed by atoms with Crippen LogP contribution in [0.25, 0.3) is 0 Å². The summed E-state index contributed by atoms with van der Waals surface area (Å²) >= 11 is 0. The third kappa shape index (κ3) is 2.44. The van der Waals surface area contributed by atoms with Crippen LogP contribution in [0.2, 0.25) is 0 Å². The Morgan fingerprint density at radius 2 is 1.79 bits per heavy atom. The molecule has 0 aromatic rings. The van der Waals surface area contributed by atoms with Crippen LogP contribution in [0.3, 0.4) is 0 Å². The van der Waals surface area contributed by atoms with Crippen LogP contribution in [0, 0.1) is 11.8 Å². The van der Waals surface area contributed by atoms with Crippen LogP contribution >= 0.6 is 0 Å². The van der Waals surface area contributed by atoms with Crippen molar-refractivity contribution < 1.29 is 18.9 Å². The Labute approximate surface area is 114 Å². The van der Waals surface area contributed by atoms with Gasteiger partial charge in [0.2, 0.25) is 0 Å². The molecule has 0 aromatic heterocycles. The summed E-state index contributed by atoms with van der Waals surface area (Å²) < 4.78 is 23.5. The summed E-state index contributed by atoms with van der Waals surface area (Å²) in [4.78, 5) is 0. The van der Waals surface area contributed by atoms with E-state index in [9.17, 15) is 0 Å². The van der Waals surface area contributed by atoms with Crippen molar-refractivity contribution in [1.29, 1.82) is 0 Å². The Kier molecular flexibility index (Phi) is 3.10. The lowest BCUT2D eigenvalue weighted by molar-refractivity contribution is -0.326. The molecule has 3 aliphatic heterocycles. The zero-order valence-electron chi connectivity index (χ0n) is 11.7. The molecule has 1 spiro atoms. The quantitative estimate of drug-likeness (QED) is 0.683. The Morgan fingerprint density at radius 1 is 0.947 bits per heavy atom. The van der Waals surface area contributed by atoms with Gasteiger partial charge in [-0.25, -0.2) is 0 Å². The average molecular weight is 268 g/mol. The van der Waals surface area contributed by atoms with E-state index in [1.54, 1.807) is 0 Å². The van der Waals surface area contributed by atoms with Gasteiger partial charge in [-0.3, -0.25) is 0 Å². The van der Waals surface area contributed by atoms with Crippen molar-refractivity contribution in [3.63, 3.8) is 0 Å². The van der Waals surface area contributed by atoms with Gasteiger partial charge in [0, 0.05) is 12.3 Å². The number of ether oxygens (including phenoxy) is 4. The molecule has 4 rings (SSSR count). The van der Waals surface area contributed by atoms with E-state index < -0.39 is 5.79 Å². The third-order valence-electron chi connectivity index (χ3n) is 5.35. The molecule has 0 amide bonds. The number of hydrogen-bond acceptors (Lipinski definition) is 4. The minimum atomic E-state index is -0.434. The second kappa shape index (κ2) is 4.69. The minimum Gasteiger partial charge on any atom is -0.373 e. The molecule has 4 heteroatoms. The lowest BCUT2D eigenvalue weighted by atomic mass is 9.80. The van der Waals surface area contributed by atoms with Crippen LogP contribution in [0.1, 0.15) is 39.0 Å². The smallest absolute Gasteiger partial charge is 0.191 e. The van der Waals surface area contributed by atoms with Crippen molar-refractivity contribution in [2.75, 3.05) is 19.8 Å². The molecule has 0 N–H and O–H groups in total. The average Bonchev–Trinajstić information content (AvgIpc) is 3.22. The van der Waals surface area contributed by atoms with Crippen LogP contribution in [0.15, 0.2) is 0 Å². The van der Waals surface area contributed by atoms with Crippen molar-refractivity contribution in [2.45, 2.75) is 63.1 Å². The molecule has 4 fully saturated rings. The molecule has 19 heavy (non-hydrogen) atoms. The van der Waals surface area contributed by atoms with E-state index in [4.69, 9.17) is 18.9 Å². The zero-order valence-corrected chi connectivity index (χ0v) is 11.7. The van der Waals surface area contributed by atoms with Gasteiger partial charge in [0.1, 0.15) is 6.61 Å². The number of rotatable bonds is 1. The van der Waals surface area contributed by atoms with Gasteiger partial charge in [-0.05, 0) is 38.5 Å². The topological polar surface area (TPSA) is 40.2 Å². The zero-order chi connectivity index (χ0) is 12.9. The molecule has 0 bridgehead atoms. The highest BCUT2D eigenvalue weighted by molar-refractivity contribution is 4.94. The highest BCUT2D eigenvalue weighted by Crippen LogP contribution is 2.44. The van der Waals surface area contributed by atoms with Gasteiger partial charge < -0.3 is 18.9 Å². The molecule has 4 aliphatic rings. The summed E-state index contributed by atoms with van der Waals surface area (Å²) in [5, 5.41) is 0. The number of hydrogen-bond donors (Lipinski definition) is 0. The molecule has 3 heterocycles. The standard InChI is InChI=1S/C15H24O4/c1-10-4-5-15(9-16-10)17-7-12(8-18-15)11-2-3-13-14(6-11)19-13/h10-14H,2-9H2,1H3. The van der Waals surface area contributed by atoms with Crippen molar-refractivity contribution >= 4 is 0 Å². The lowest BCUT2D eigenvalue weighted by Crippen LogP contribution is -2.52. The van der Waals surface area contributed by atoms with E-state index in [1.807, 2.05) is 0 Å². The summed E-state index contributed by atoms with van der Waals surface area (Å²) in [5.41, 5.74) is 0. The number of fused-ring (bicyclic) bond motifs is 1. The maximum Gasteiger partial charge on any atom is 0.191 e. The van der Waals surface area contributed by atoms with Crippen LogP contribution in [0.4, 0.5) is 0 Å². The lowest BCUT2D eigenvalue weighted by Gasteiger charge is -2.45. The molecule has 3 saturated heterocycles. The van der Waals surface area contributed by atoms with Crippen LogP contribution in [-0.4, -0.2) is 43.9 Å². The summed E-state index contributed by atoms with van der Waals surface area (Å²) in [6, 6.07) is 0.